The van der Waals surface area contributed by atoms with E-state index in [1.165, 1.54) is 12.8 Å². The van der Waals surface area contributed by atoms with Crippen molar-refractivity contribution in [2.45, 2.75) is 72.1 Å². The predicted octanol–water partition coefficient (Wildman–Crippen LogP) is 2.29. The highest BCUT2D eigenvalue weighted by atomic mass is 15.4. The SMILES string of the molecule is CCC(CC)N(C)CCn1cc(CNC(C)(C)C)nn1. The summed E-state index contributed by atoms with van der Waals surface area (Å²) in [4.78, 5) is 2.41. The third-order valence-corrected chi connectivity index (χ3v) is 3.63. The van der Waals surface area contributed by atoms with Crippen molar-refractivity contribution in [3.63, 3.8) is 0 Å². The van der Waals surface area contributed by atoms with E-state index < -0.39 is 0 Å². The number of hydrogen-bond acceptors (Lipinski definition) is 4. The van der Waals surface area contributed by atoms with Crippen LogP contribution >= 0.6 is 0 Å². The van der Waals surface area contributed by atoms with E-state index in [2.05, 4.69) is 62.2 Å². The fourth-order valence-electron chi connectivity index (χ4n) is 2.24. The molecule has 0 amide bonds. The Balaban J connectivity index is 2.40. The Morgan fingerprint density at radius 2 is 1.95 bits per heavy atom. The van der Waals surface area contributed by atoms with Gasteiger partial charge >= 0.3 is 0 Å². The lowest BCUT2D eigenvalue weighted by Gasteiger charge is -2.25. The minimum atomic E-state index is 0.111. The monoisotopic (exact) mass is 281 g/mol. The molecule has 1 aromatic heterocycles. The largest absolute Gasteiger partial charge is 0.306 e. The summed E-state index contributed by atoms with van der Waals surface area (Å²) in [5.74, 6) is 0. The van der Waals surface area contributed by atoms with Crippen molar-refractivity contribution < 1.29 is 0 Å². The highest BCUT2D eigenvalue weighted by Gasteiger charge is 2.12. The van der Waals surface area contributed by atoms with Crippen LogP contribution in [0.3, 0.4) is 0 Å². The van der Waals surface area contributed by atoms with Gasteiger partial charge in [-0.2, -0.15) is 0 Å². The second-order valence-corrected chi connectivity index (χ2v) is 6.53. The van der Waals surface area contributed by atoms with Crippen molar-refractivity contribution in [3.05, 3.63) is 11.9 Å². The lowest BCUT2D eigenvalue weighted by molar-refractivity contribution is 0.218. The maximum absolute atomic E-state index is 4.21. The Bertz CT molecular complexity index is 376. The molecule has 0 aromatic carbocycles. The van der Waals surface area contributed by atoms with E-state index in [9.17, 15) is 0 Å². The summed E-state index contributed by atoms with van der Waals surface area (Å²) in [6.07, 6.45) is 4.44. The van der Waals surface area contributed by atoms with E-state index in [0.717, 1.165) is 25.3 Å². The number of hydrogen-bond donors (Lipinski definition) is 1. The molecular weight excluding hydrogens is 250 g/mol. The number of nitrogens with one attached hydrogen (secondary N) is 1. The second kappa shape index (κ2) is 7.74. The zero-order valence-electron chi connectivity index (χ0n) is 14.0. The molecule has 0 aliphatic rings. The Morgan fingerprint density at radius 3 is 2.50 bits per heavy atom. The Labute approximate surface area is 123 Å². The molecule has 5 heteroatoms. The van der Waals surface area contributed by atoms with Crippen LogP contribution in [0.15, 0.2) is 6.20 Å². The van der Waals surface area contributed by atoms with E-state index >= 15 is 0 Å². The molecule has 0 aliphatic heterocycles. The van der Waals surface area contributed by atoms with E-state index in [1.807, 2.05) is 10.9 Å². The molecule has 0 bridgehead atoms. The Morgan fingerprint density at radius 1 is 1.30 bits per heavy atom. The van der Waals surface area contributed by atoms with Crippen molar-refractivity contribution in [3.8, 4) is 0 Å². The van der Waals surface area contributed by atoms with Crippen LogP contribution in [0.2, 0.25) is 0 Å². The van der Waals surface area contributed by atoms with Gasteiger partial charge in [-0.15, -0.1) is 5.10 Å². The van der Waals surface area contributed by atoms with E-state index in [1.54, 1.807) is 0 Å². The molecule has 5 nitrogen and oxygen atoms in total. The summed E-state index contributed by atoms with van der Waals surface area (Å²) in [6, 6.07) is 0.667. The van der Waals surface area contributed by atoms with Crippen LogP contribution in [0.1, 0.15) is 53.2 Å². The molecule has 1 N–H and O–H groups in total. The molecule has 116 valence electrons. The molecule has 20 heavy (non-hydrogen) atoms. The van der Waals surface area contributed by atoms with Gasteiger partial charge in [-0.1, -0.05) is 19.1 Å². The normalized spacial score (nSPS) is 12.6. The van der Waals surface area contributed by atoms with Crippen molar-refractivity contribution in [1.29, 1.82) is 0 Å². The average Bonchev–Trinajstić information content (AvgIpc) is 2.82. The third-order valence-electron chi connectivity index (χ3n) is 3.63. The van der Waals surface area contributed by atoms with Gasteiger partial charge < -0.3 is 10.2 Å². The van der Waals surface area contributed by atoms with Crippen molar-refractivity contribution in [2.75, 3.05) is 13.6 Å². The van der Waals surface area contributed by atoms with Crippen LogP contribution in [0.5, 0.6) is 0 Å². The van der Waals surface area contributed by atoms with Crippen molar-refractivity contribution in [2.24, 2.45) is 0 Å². The topological polar surface area (TPSA) is 46.0 Å². The molecule has 0 atom stereocenters. The van der Waals surface area contributed by atoms with Crippen LogP contribution in [0, 0.1) is 0 Å². The smallest absolute Gasteiger partial charge is 0.0965 e. The summed E-state index contributed by atoms with van der Waals surface area (Å²) in [5.41, 5.74) is 1.12. The average molecular weight is 281 g/mol. The van der Waals surface area contributed by atoms with E-state index in [0.29, 0.717) is 6.04 Å². The number of rotatable bonds is 8. The minimum absolute atomic E-state index is 0.111. The zero-order chi connectivity index (χ0) is 15.2. The Hall–Kier alpha value is -0.940. The maximum Gasteiger partial charge on any atom is 0.0965 e. The third kappa shape index (κ3) is 6.01. The second-order valence-electron chi connectivity index (χ2n) is 6.53. The summed E-state index contributed by atoms with van der Waals surface area (Å²) in [7, 11) is 2.19. The molecule has 1 rings (SSSR count). The standard InChI is InChI=1S/C15H31N5/c1-7-14(8-2)19(6)9-10-20-12-13(17-18-20)11-16-15(3,4)5/h12,14,16H,7-11H2,1-6H3. The molecule has 0 fully saturated rings. The van der Waals surface area contributed by atoms with Gasteiger partial charge in [0.05, 0.1) is 12.2 Å². The zero-order valence-corrected chi connectivity index (χ0v) is 14.0. The first-order valence-electron chi connectivity index (χ1n) is 7.70. The van der Waals surface area contributed by atoms with Gasteiger partial charge in [0.15, 0.2) is 0 Å². The number of nitrogens with zero attached hydrogens (tertiary/aromatic N) is 4. The highest BCUT2D eigenvalue weighted by Crippen LogP contribution is 2.06. The van der Waals surface area contributed by atoms with Crippen molar-refractivity contribution in [1.82, 2.24) is 25.2 Å². The minimum Gasteiger partial charge on any atom is -0.306 e. The van der Waals surface area contributed by atoms with Crippen molar-refractivity contribution >= 4 is 0 Å². The fraction of sp³-hybridized carbons (Fsp3) is 0.867. The van der Waals surface area contributed by atoms with Crippen LogP contribution in [-0.2, 0) is 13.1 Å². The quantitative estimate of drug-likeness (QED) is 0.794. The molecule has 0 aliphatic carbocycles. The van der Waals surface area contributed by atoms with E-state index in [4.69, 9.17) is 0 Å². The predicted molar refractivity (Wildman–Crippen MR) is 83.6 cm³/mol. The first-order valence-corrected chi connectivity index (χ1v) is 7.70. The summed E-state index contributed by atoms with van der Waals surface area (Å²) in [6.45, 7) is 13.6. The van der Waals surface area contributed by atoms with Gasteiger partial charge in [0, 0.05) is 30.9 Å². The summed E-state index contributed by atoms with van der Waals surface area (Å²) >= 11 is 0. The molecule has 0 saturated carbocycles. The van der Waals surface area contributed by atoms with Gasteiger partial charge in [0.25, 0.3) is 0 Å². The van der Waals surface area contributed by atoms with Crippen LogP contribution in [-0.4, -0.2) is 45.1 Å². The molecule has 1 heterocycles. The molecule has 0 unspecified atom stereocenters. The van der Waals surface area contributed by atoms with Crippen LogP contribution < -0.4 is 5.32 Å². The number of aromatic nitrogens is 3. The van der Waals surface area contributed by atoms with Gasteiger partial charge in [0.2, 0.25) is 0 Å². The Kier molecular flexibility index (Phi) is 6.62. The molecule has 0 spiro atoms. The van der Waals surface area contributed by atoms with Crippen LogP contribution in [0.25, 0.3) is 0 Å². The van der Waals surface area contributed by atoms with E-state index in [-0.39, 0.29) is 5.54 Å². The van der Waals surface area contributed by atoms with Crippen LogP contribution in [0.4, 0.5) is 0 Å². The first kappa shape index (κ1) is 17.1. The summed E-state index contributed by atoms with van der Waals surface area (Å²) in [5, 5.41) is 11.8. The number of likely N-dealkylation sites (N-methyl/N-ethyl adjacent to an activating group) is 1. The van der Waals surface area contributed by atoms with Gasteiger partial charge in [-0.25, -0.2) is 0 Å². The van der Waals surface area contributed by atoms with Gasteiger partial charge in [0.1, 0.15) is 0 Å². The first-order chi connectivity index (χ1) is 9.35. The summed E-state index contributed by atoms with van der Waals surface area (Å²) < 4.78 is 1.94. The van der Waals surface area contributed by atoms with Gasteiger partial charge in [-0.05, 0) is 40.7 Å². The lowest BCUT2D eigenvalue weighted by atomic mass is 10.1. The molecule has 0 saturated heterocycles. The highest BCUT2D eigenvalue weighted by molar-refractivity contribution is 4.93. The molecule has 1 aromatic rings. The maximum atomic E-state index is 4.21. The van der Waals surface area contributed by atoms with Gasteiger partial charge in [-0.3, -0.25) is 4.68 Å². The molecule has 0 radical (unpaired) electrons. The molecular formula is C15H31N5. The lowest BCUT2D eigenvalue weighted by Crippen LogP contribution is -2.35. The fourth-order valence-corrected chi connectivity index (χ4v) is 2.24.